The van der Waals surface area contributed by atoms with Crippen LogP contribution in [-0.4, -0.2) is 10.9 Å². The Labute approximate surface area is 123 Å². The van der Waals surface area contributed by atoms with Crippen LogP contribution in [0, 0.1) is 0 Å². The number of hydrazine groups is 1. The molecule has 5 heteroatoms. The highest BCUT2D eigenvalue weighted by Crippen LogP contribution is 2.28. The molecule has 1 aliphatic rings. The number of benzene rings is 1. The monoisotopic (exact) mass is 282 g/mol. The highest BCUT2D eigenvalue weighted by atomic mass is 16.1. The maximum absolute atomic E-state index is 12.3. The number of anilines is 2. The number of pyridine rings is 1. The van der Waals surface area contributed by atoms with Crippen LogP contribution in [0.3, 0.4) is 0 Å². The Balaban J connectivity index is 1.84. The van der Waals surface area contributed by atoms with Crippen LogP contribution < -0.4 is 16.6 Å². The summed E-state index contributed by atoms with van der Waals surface area (Å²) in [7, 11) is 0. The molecule has 0 unspecified atom stereocenters. The molecule has 0 spiro atoms. The number of nitrogens with two attached hydrogens (primary N) is 1. The van der Waals surface area contributed by atoms with Crippen molar-refractivity contribution in [2.24, 2.45) is 5.84 Å². The highest BCUT2D eigenvalue weighted by molar-refractivity contribution is 6.03. The predicted octanol–water partition coefficient (Wildman–Crippen LogP) is 2.50. The predicted molar refractivity (Wildman–Crippen MR) is 83.1 cm³/mol. The van der Waals surface area contributed by atoms with Gasteiger partial charge in [0, 0.05) is 11.9 Å². The first-order valence-corrected chi connectivity index (χ1v) is 7.13. The van der Waals surface area contributed by atoms with Gasteiger partial charge >= 0.3 is 0 Å². The van der Waals surface area contributed by atoms with Crippen molar-refractivity contribution in [1.29, 1.82) is 0 Å². The van der Waals surface area contributed by atoms with Gasteiger partial charge in [-0.1, -0.05) is 12.1 Å². The molecule has 4 N–H and O–H groups in total. The van der Waals surface area contributed by atoms with Crippen molar-refractivity contribution in [3.63, 3.8) is 0 Å². The van der Waals surface area contributed by atoms with Crippen LogP contribution in [0.15, 0.2) is 36.5 Å². The van der Waals surface area contributed by atoms with Crippen LogP contribution >= 0.6 is 0 Å². The smallest absolute Gasteiger partial charge is 0.274 e. The van der Waals surface area contributed by atoms with Crippen molar-refractivity contribution in [2.45, 2.75) is 25.7 Å². The van der Waals surface area contributed by atoms with E-state index < -0.39 is 0 Å². The zero-order chi connectivity index (χ0) is 14.7. The van der Waals surface area contributed by atoms with E-state index in [-0.39, 0.29) is 5.91 Å². The fraction of sp³-hybridized carbons (Fsp3) is 0.250. The number of aromatic nitrogens is 1. The Bertz CT molecular complexity index is 669. The molecule has 0 atom stereocenters. The lowest BCUT2D eigenvalue weighted by molar-refractivity contribution is 0.102. The third-order valence-corrected chi connectivity index (χ3v) is 3.80. The molecule has 0 bridgehead atoms. The number of aryl methyl sites for hydroxylation is 1. The zero-order valence-electron chi connectivity index (χ0n) is 11.7. The lowest BCUT2D eigenvalue weighted by Gasteiger charge is -2.19. The summed E-state index contributed by atoms with van der Waals surface area (Å²) in [6.07, 6.45) is 6.05. The molecule has 0 saturated heterocycles. The summed E-state index contributed by atoms with van der Waals surface area (Å²) >= 11 is 0. The van der Waals surface area contributed by atoms with Gasteiger partial charge in [0.05, 0.1) is 5.69 Å². The van der Waals surface area contributed by atoms with Gasteiger partial charge in [-0.2, -0.15) is 0 Å². The molecule has 0 aliphatic heterocycles. The molecule has 1 amide bonds. The Kier molecular flexibility index (Phi) is 3.83. The van der Waals surface area contributed by atoms with Crippen LogP contribution in [0.25, 0.3) is 0 Å². The number of nitrogen functional groups attached to an aromatic ring is 1. The zero-order valence-corrected chi connectivity index (χ0v) is 11.7. The Morgan fingerprint density at radius 1 is 1.19 bits per heavy atom. The summed E-state index contributed by atoms with van der Waals surface area (Å²) in [5.41, 5.74) is 7.01. The van der Waals surface area contributed by atoms with E-state index in [1.807, 2.05) is 12.1 Å². The largest absolute Gasteiger partial charge is 0.324 e. The number of rotatable bonds is 3. The normalized spacial score (nSPS) is 13.4. The quantitative estimate of drug-likeness (QED) is 0.597. The average molecular weight is 282 g/mol. The van der Waals surface area contributed by atoms with Gasteiger partial charge in [0.25, 0.3) is 5.91 Å². The number of carbonyl (C=O) groups is 1. The first kappa shape index (κ1) is 13.6. The number of carbonyl (C=O) groups excluding carboxylic acids is 1. The van der Waals surface area contributed by atoms with Gasteiger partial charge < -0.3 is 10.7 Å². The molecule has 0 saturated carbocycles. The van der Waals surface area contributed by atoms with Crippen molar-refractivity contribution in [2.75, 3.05) is 10.7 Å². The van der Waals surface area contributed by atoms with Gasteiger partial charge in [-0.05, 0) is 55.0 Å². The molecule has 21 heavy (non-hydrogen) atoms. The summed E-state index contributed by atoms with van der Waals surface area (Å²) in [5, 5.41) is 2.97. The molecule has 1 aromatic carbocycles. The van der Waals surface area contributed by atoms with E-state index in [2.05, 4.69) is 21.8 Å². The van der Waals surface area contributed by atoms with Gasteiger partial charge in [-0.25, -0.2) is 0 Å². The minimum atomic E-state index is -0.217. The Morgan fingerprint density at radius 3 is 2.90 bits per heavy atom. The van der Waals surface area contributed by atoms with E-state index in [1.54, 1.807) is 18.3 Å². The first-order valence-electron chi connectivity index (χ1n) is 7.13. The van der Waals surface area contributed by atoms with E-state index in [0.29, 0.717) is 11.4 Å². The molecule has 108 valence electrons. The fourth-order valence-corrected chi connectivity index (χ4v) is 2.73. The van der Waals surface area contributed by atoms with Crippen molar-refractivity contribution >= 4 is 17.3 Å². The number of nitrogens with one attached hydrogen (secondary N) is 2. The molecular weight excluding hydrogens is 264 g/mol. The minimum Gasteiger partial charge on any atom is -0.324 e. The van der Waals surface area contributed by atoms with Gasteiger partial charge in [-0.15, -0.1) is 0 Å². The standard InChI is InChI=1S/C16H18N4O/c17-20-12-8-9-18-15(10-12)16(21)19-14-7-3-5-11-4-1-2-6-13(11)14/h3,5,7-10H,1-2,4,6,17H2,(H,18,20)(H,19,21). The van der Waals surface area contributed by atoms with Gasteiger partial charge in [0.1, 0.15) is 5.69 Å². The second-order valence-electron chi connectivity index (χ2n) is 5.18. The van der Waals surface area contributed by atoms with Crippen LogP contribution in [0.2, 0.25) is 0 Å². The SMILES string of the molecule is NNc1ccnc(C(=O)Nc2cccc3c2CCCC3)c1. The maximum Gasteiger partial charge on any atom is 0.274 e. The number of fused-ring (bicyclic) bond motifs is 1. The molecule has 0 fully saturated rings. The van der Waals surface area contributed by atoms with E-state index in [0.717, 1.165) is 18.5 Å². The molecule has 1 heterocycles. The summed E-state index contributed by atoms with van der Waals surface area (Å²) in [6.45, 7) is 0. The molecule has 1 aromatic heterocycles. The summed E-state index contributed by atoms with van der Waals surface area (Å²) < 4.78 is 0. The molecule has 1 aliphatic carbocycles. The Morgan fingerprint density at radius 2 is 2.05 bits per heavy atom. The van der Waals surface area contributed by atoms with Crippen molar-refractivity contribution in [3.8, 4) is 0 Å². The molecule has 0 radical (unpaired) electrons. The average Bonchev–Trinajstić information content (AvgIpc) is 2.55. The second kappa shape index (κ2) is 5.93. The van der Waals surface area contributed by atoms with Crippen LogP contribution in [0.1, 0.15) is 34.5 Å². The lowest BCUT2D eigenvalue weighted by Crippen LogP contribution is -2.17. The maximum atomic E-state index is 12.3. The Hall–Kier alpha value is -2.40. The number of amides is 1. The summed E-state index contributed by atoms with van der Waals surface area (Å²) in [6, 6.07) is 9.42. The van der Waals surface area contributed by atoms with E-state index >= 15 is 0 Å². The van der Waals surface area contributed by atoms with Crippen LogP contribution in [-0.2, 0) is 12.8 Å². The highest BCUT2D eigenvalue weighted by Gasteiger charge is 2.15. The summed E-state index contributed by atoms with van der Waals surface area (Å²) in [4.78, 5) is 16.4. The van der Waals surface area contributed by atoms with E-state index in [1.165, 1.54) is 24.0 Å². The summed E-state index contributed by atoms with van der Waals surface area (Å²) in [5.74, 6) is 5.14. The van der Waals surface area contributed by atoms with E-state index in [4.69, 9.17) is 5.84 Å². The number of hydrogen-bond acceptors (Lipinski definition) is 4. The van der Waals surface area contributed by atoms with Crippen LogP contribution in [0.5, 0.6) is 0 Å². The third-order valence-electron chi connectivity index (χ3n) is 3.80. The van der Waals surface area contributed by atoms with Crippen molar-refractivity contribution < 1.29 is 4.79 Å². The molecule has 2 aromatic rings. The van der Waals surface area contributed by atoms with Crippen molar-refractivity contribution in [3.05, 3.63) is 53.3 Å². The van der Waals surface area contributed by atoms with Gasteiger partial charge in [0.2, 0.25) is 0 Å². The molecule has 5 nitrogen and oxygen atoms in total. The second-order valence-corrected chi connectivity index (χ2v) is 5.18. The van der Waals surface area contributed by atoms with E-state index in [9.17, 15) is 4.79 Å². The molecule has 3 rings (SSSR count). The van der Waals surface area contributed by atoms with Gasteiger partial charge in [-0.3, -0.25) is 15.6 Å². The van der Waals surface area contributed by atoms with Crippen molar-refractivity contribution in [1.82, 2.24) is 4.98 Å². The number of hydrogen-bond donors (Lipinski definition) is 3. The fourth-order valence-electron chi connectivity index (χ4n) is 2.73. The topological polar surface area (TPSA) is 80.0 Å². The first-order chi connectivity index (χ1) is 10.3. The number of nitrogens with zero attached hydrogens (tertiary/aromatic N) is 1. The molecular formula is C16H18N4O. The van der Waals surface area contributed by atoms with Gasteiger partial charge in [0.15, 0.2) is 0 Å². The van der Waals surface area contributed by atoms with Crippen LogP contribution in [0.4, 0.5) is 11.4 Å². The minimum absolute atomic E-state index is 0.217. The lowest BCUT2D eigenvalue weighted by atomic mass is 9.90. The third kappa shape index (κ3) is 2.87.